The van der Waals surface area contributed by atoms with E-state index >= 15 is 0 Å². The molecule has 2 aromatic carbocycles. The van der Waals surface area contributed by atoms with E-state index in [-0.39, 0.29) is 30.4 Å². The fourth-order valence-electron chi connectivity index (χ4n) is 3.50. The molecule has 2 atom stereocenters. The van der Waals surface area contributed by atoms with Crippen molar-refractivity contribution in [3.63, 3.8) is 0 Å². The van der Waals surface area contributed by atoms with Gasteiger partial charge in [0.05, 0.1) is 23.3 Å². The molecule has 0 aromatic heterocycles. The summed E-state index contributed by atoms with van der Waals surface area (Å²) in [6, 6.07) is 15.7. The Morgan fingerprint density at radius 3 is 2.40 bits per heavy atom. The van der Waals surface area contributed by atoms with Gasteiger partial charge in [0.15, 0.2) is 5.78 Å². The molecule has 1 N–H and O–H groups in total. The van der Waals surface area contributed by atoms with Gasteiger partial charge < -0.3 is 14.6 Å². The maximum atomic E-state index is 12.6. The fraction of sp³-hybridized carbons (Fsp3) is 0.227. The lowest BCUT2D eigenvalue weighted by Crippen LogP contribution is -2.57. The first kappa shape index (κ1) is 20.0. The van der Waals surface area contributed by atoms with Crippen molar-refractivity contribution in [3.05, 3.63) is 70.8 Å². The molecule has 2 aromatic rings. The van der Waals surface area contributed by atoms with Crippen LogP contribution in [0.1, 0.15) is 16.8 Å². The van der Waals surface area contributed by atoms with Crippen LogP contribution in [0.25, 0.3) is 0 Å². The number of hydrogen-bond acceptors (Lipinski definition) is 6. The molecule has 1 fully saturated rings. The van der Waals surface area contributed by atoms with Gasteiger partial charge in [0.1, 0.15) is 23.8 Å². The molecule has 154 valence electrons. The van der Waals surface area contributed by atoms with Gasteiger partial charge in [-0.2, -0.15) is 0 Å². The van der Waals surface area contributed by atoms with Crippen molar-refractivity contribution >= 4 is 29.4 Å². The van der Waals surface area contributed by atoms with Crippen LogP contribution in [0.15, 0.2) is 65.2 Å². The highest BCUT2D eigenvalue weighted by Crippen LogP contribution is 2.50. The van der Waals surface area contributed by atoms with Crippen LogP contribution in [0, 0.1) is 5.92 Å². The quantitative estimate of drug-likeness (QED) is 0.513. The van der Waals surface area contributed by atoms with Crippen LogP contribution in [0.2, 0.25) is 0 Å². The second-order valence-electron chi connectivity index (χ2n) is 6.86. The van der Waals surface area contributed by atoms with E-state index in [1.165, 1.54) is 16.7 Å². The lowest BCUT2D eigenvalue weighted by Gasteiger charge is -2.42. The Kier molecular flexibility index (Phi) is 5.50. The van der Waals surface area contributed by atoms with E-state index < -0.39 is 17.3 Å². The number of carbonyl (C=O) groups excluding carboxylic acids is 2. The van der Waals surface area contributed by atoms with E-state index in [1.807, 2.05) is 18.2 Å². The van der Waals surface area contributed by atoms with E-state index in [4.69, 9.17) is 9.47 Å². The molecule has 7 nitrogen and oxygen atoms in total. The number of ketones is 1. The number of amides is 1. The average Bonchev–Trinajstić information content (AvgIpc) is 3.12. The van der Waals surface area contributed by atoms with Crippen molar-refractivity contribution in [1.82, 2.24) is 4.90 Å². The van der Waals surface area contributed by atoms with E-state index in [2.05, 4.69) is 0 Å². The first-order valence-corrected chi connectivity index (χ1v) is 10.2. The van der Waals surface area contributed by atoms with Gasteiger partial charge in [0, 0.05) is 12.0 Å². The number of carbonyl (C=O) groups is 3. The van der Waals surface area contributed by atoms with Crippen molar-refractivity contribution in [2.45, 2.75) is 11.8 Å². The van der Waals surface area contributed by atoms with E-state index in [0.717, 1.165) is 0 Å². The number of aliphatic carboxylic acids is 1. The monoisotopic (exact) mass is 425 g/mol. The summed E-state index contributed by atoms with van der Waals surface area (Å²) in [6.45, 7) is 0.0513. The SMILES string of the molecule is COc1ccc(C(=O)C[C@@H]2C(=O)N3C(C(=O)O)=C(COc4ccccc4)S[C@H]23)cc1. The number of rotatable bonds is 8. The van der Waals surface area contributed by atoms with Gasteiger partial charge in [-0.25, -0.2) is 4.79 Å². The molecule has 1 amide bonds. The van der Waals surface area contributed by atoms with Gasteiger partial charge >= 0.3 is 5.97 Å². The summed E-state index contributed by atoms with van der Waals surface area (Å²) in [6.07, 6.45) is 0.0268. The smallest absolute Gasteiger partial charge is 0.353 e. The van der Waals surface area contributed by atoms with Crippen LogP contribution in [0.3, 0.4) is 0 Å². The molecule has 0 bridgehead atoms. The van der Waals surface area contributed by atoms with Crippen molar-refractivity contribution in [2.24, 2.45) is 5.92 Å². The Balaban J connectivity index is 1.45. The van der Waals surface area contributed by atoms with E-state index in [1.54, 1.807) is 43.5 Å². The van der Waals surface area contributed by atoms with Crippen LogP contribution in [-0.4, -0.2) is 46.8 Å². The summed E-state index contributed by atoms with van der Waals surface area (Å²) in [5.74, 6) is -0.994. The molecule has 0 saturated carbocycles. The van der Waals surface area contributed by atoms with Crippen LogP contribution < -0.4 is 9.47 Å². The van der Waals surface area contributed by atoms with Crippen LogP contribution in [0.5, 0.6) is 11.5 Å². The molecule has 2 aliphatic rings. The number of para-hydroxylation sites is 1. The van der Waals surface area contributed by atoms with E-state index in [0.29, 0.717) is 22.0 Å². The number of benzene rings is 2. The average molecular weight is 425 g/mol. The summed E-state index contributed by atoms with van der Waals surface area (Å²) in [5, 5.41) is 9.21. The summed E-state index contributed by atoms with van der Waals surface area (Å²) in [5.41, 5.74) is 0.433. The zero-order valence-electron chi connectivity index (χ0n) is 16.1. The highest BCUT2D eigenvalue weighted by atomic mass is 32.2. The standard InChI is InChI=1S/C22H19NO6S/c1-28-14-9-7-13(8-10-14)17(24)11-16-20(25)23-19(22(26)27)18(30-21(16)23)12-29-15-5-3-2-4-6-15/h2-10,16,21H,11-12H2,1H3,(H,26,27)/t16-,21-/m1/s1. The molecule has 30 heavy (non-hydrogen) atoms. The van der Waals surface area contributed by atoms with Crippen LogP contribution in [0.4, 0.5) is 0 Å². The second kappa shape index (κ2) is 8.23. The number of fused-ring (bicyclic) bond motifs is 1. The molecule has 1 saturated heterocycles. The summed E-state index contributed by atoms with van der Waals surface area (Å²) < 4.78 is 10.8. The molecule has 0 unspecified atom stereocenters. The Labute approximate surface area is 177 Å². The number of methoxy groups -OCH3 is 1. The topological polar surface area (TPSA) is 93.1 Å². The predicted molar refractivity (Wildman–Crippen MR) is 110 cm³/mol. The number of ether oxygens (including phenoxy) is 2. The largest absolute Gasteiger partial charge is 0.497 e. The first-order valence-electron chi connectivity index (χ1n) is 9.31. The normalized spacial score (nSPS) is 19.9. The molecule has 4 rings (SSSR count). The minimum atomic E-state index is -1.18. The van der Waals surface area contributed by atoms with Gasteiger partial charge in [-0.1, -0.05) is 30.0 Å². The number of hydrogen-bond donors (Lipinski definition) is 1. The van der Waals surface area contributed by atoms with Crippen molar-refractivity contribution in [3.8, 4) is 11.5 Å². The Morgan fingerprint density at radius 2 is 1.77 bits per heavy atom. The molecule has 0 radical (unpaired) electrons. The zero-order valence-corrected chi connectivity index (χ0v) is 16.9. The number of nitrogens with zero attached hydrogens (tertiary/aromatic N) is 1. The predicted octanol–water partition coefficient (Wildman–Crippen LogP) is 3.17. The van der Waals surface area contributed by atoms with Crippen molar-refractivity contribution < 1.29 is 29.0 Å². The van der Waals surface area contributed by atoms with Crippen molar-refractivity contribution in [1.29, 1.82) is 0 Å². The van der Waals surface area contributed by atoms with E-state index in [9.17, 15) is 19.5 Å². The summed E-state index contributed by atoms with van der Waals surface area (Å²) >= 11 is 1.28. The molecule has 0 spiro atoms. The molecular formula is C22H19NO6S. The Bertz CT molecular complexity index is 1020. The van der Waals surface area contributed by atoms with Crippen LogP contribution >= 0.6 is 11.8 Å². The zero-order chi connectivity index (χ0) is 21.3. The van der Waals surface area contributed by atoms with Crippen LogP contribution in [-0.2, 0) is 9.59 Å². The third-order valence-electron chi connectivity index (χ3n) is 5.05. The Morgan fingerprint density at radius 1 is 1.07 bits per heavy atom. The van der Waals surface area contributed by atoms with Gasteiger partial charge in [-0.15, -0.1) is 0 Å². The number of β-lactam (4-membered cyclic amide) rings is 1. The lowest BCUT2D eigenvalue weighted by atomic mass is 9.89. The van der Waals surface area contributed by atoms with Gasteiger partial charge in [0.2, 0.25) is 5.91 Å². The lowest BCUT2D eigenvalue weighted by molar-refractivity contribution is -0.151. The minimum absolute atomic E-state index is 0.0268. The molecule has 2 aliphatic heterocycles. The Hall–Kier alpha value is -3.26. The number of thioether (sulfide) groups is 1. The minimum Gasteiger partial charge on any atom is -0.497 e. The summed E-state index contributed by atoms with van der Waals surface area (Å²) in [4.78, 5) is 38.8. The highest BCUT2D eigenvalue weighted by Gasteiger charge is 2.56. The molecule has 0 aliphatic carbocycles. The van der Waals surface area contributed by atoms with Gasteiger partial charge in [-0.3, -0.25) is 14.5 Å². The highest BCUT2D eigenvalue weighted by molar-refractivity contribution is 8.04. The molecule has 2 heterocycles. The number of carboxylic acids is 1. The maximum Gasteiger partial charge on any atom is 0.353 e. The van der Waals surface area contributed by atoms with Gasteiger partial charge in [0.25, 0.3) is 0 Å². The summed E-state index contributed by atoms with van der Waals surface area (Å²) in [7, 11) is 1.54. The third-order valence-corrected chi connectivity index (χ3v) is 6.43. The van der Waals surface area contributed by atoms with Gasteiger partial charge in [-0.05, 0) is 36.4 Å². The first-order chi connectivity index (χ1) is 14.5. The second-order valence-corrected chi connectivity index (χ2v) is 8.07. The molecular weight excluding hydrogens is 406 g/mol. The maximum absolute atomic E-state index is 12.6. The van der Waals surface area contributed by atoms with Crippen molar-refractivity contribution in [2.75, 3.05) is 13.7 Å². The third kappa shape index (κ3) is 3.66. The number of carboxylic acid groups (broad SMARTS) is 1. The molecule has 8 heteroatoms. The fourth-order valence-corrected chi connectivity index (χ4v) is 4.91. The number of Topliss-reactive ketones (excluding diaryl/α,β-unsaturated/α-hetero) is 1.